The molecule has 3 heteroatoms. The molecule has 3 nitrogen and oxygen atoms in total. The molecule has 0 aromatic heterocycles. The van der Waals surface area contributed by atoms with Crippen molar-refractivity contribution in [2.75, 3.05) is 0 Å². The van der Waals surface area contributed by atoms with Crippen molar-refractivity contribution >= 4 is 5.97 Å². The maximum atomic E-state index is 11.0. The average molecular weight is 247 g/mol. The predicted molar refractivity (Wildman–Crippen MR) is 71.1 cm³/mol. The van der Waals surface area contributed by atoms with Crippen LogP contribution in [0.1, 0.15) is 50.1 Å². The zero-order valence-electron chi connectivity index (χ0n) is 10.6. The molecule has 1 atom stereocenters. The number of carboxylic acid groups (broad SMARTS) is 1. The highest BCUT2D eigenvalue weighted by Gasteiger charge is 2.37. The van der Waals surface area contributed by atoms with E-state index >= 15 is 0 Å². The first-order valence-corrected chi connectivity index (χ1v) is 6.64. The molecule has 1 saturated carbocycles. The number of hydrogen-bond donors (Lipinski definition) is 2. The van der Waals surface area contributed by atoms with Crippen LogP contribution in [-0.2, 0) is 4.79 Å². The van der Waals surface area contributed by atoms with Gasteiger partial charge in [-0.25, -0.2) is 0 Å². The predicted octanol–water partition coefficient (Wildman–Crippen LogP) is 3.11. The van der Waals surface area contributed by atoms with Crippen molar-refractivity contribution in [3.05, 3.63) is 35.9 Å². The van der Waals surface area contributed by atoms with Crippen LogP contribution in [0.15, 0.2) is 30.3 Å². The maximum Gasteiger partial charge on any atom is 0.303 e. The molecule has 3 N–H and O–H groups in total. The third kappa shape index (κ3) is 3.10. The lowest BCUT2D eigenvalue weighted by molar-refractivity contribution is -0.139. The van der Waals surface area contributed by atoms with Crippen LogP contribution in [0.2, 0.25) is 0 Å². The van der Waals surface area contributed by atoms with Crippen molar-refractivity contribution in [2.45, 2.75) is 44.6 Å². The molecule has 1 aromatic rings. The first kappa shape index (κ1) is 13.1. The molecule has 2 rings (SSSR count). The van der Waals surface area contributed by atoms with Gasteiger partial charge in [-0.05, 0) is 30.2 Å². The lowest BCUT2D eigenvalue weighted by atomic mass is 9.76. The monoisotopic (exact) mass is 247 g/mol. The van der Waals surface area contributed by atoms with Crippen LogP contribution >= 0.6 is 0 Å². The molecule has 1 aliphatic carbocycles. The number of aliphatic carboxylic acids is 1. The molecule has 18 heavy (non-hydrogen) atoms. The second-order valence-corrected chi connectivity index (χ2v) is 5.50. The summed E-state index contributed by atoms with van der Waals surface area (Å²) < 4.78 is 0. The molecule has 0 spiro atoms. The zero-order valence-corrected chi connectivity index (χ0v) is 10.6. The second-order valence-electron chi connectivity index (χ2n) is 5.50. The average Bonchev–Trinajstić information content (AvgIpc) is 2.77. The van der Waals surface area contributed by atoms with E-state index in [1.54, 1.807) is 0 Å². The van der Waals surface area contributed by atoms with Gasteiger partial charge in [0.15, 0.2) is 0 Å². The maximum absolute atomic E-state index is 11.0. The Morgan fingerprint density at radius 2 is 1.89 bits per heavy atom. The highest BCUT2D eigenvalue weighted by Crippen LogP contribution is 2.46. The summed E-state index contributed by atoms with van der Waals surface area (Å²) >= 11 is 0. The third-order valence-corrected chi connectivity index (χ3v) is 4.07. The Balaban J connectivity index is 2.07. The van der Waals surface area contributed by atoms with E-state index in [1.165, 1.54) is 0 Å². The number of benzene rings is 1. The quantitative estimate of drug-likeness (QED) is 0.840. The molecule has 1 aliphatic rings. The van der Waals surface area contributed by atoms with Gasteiger partial charge in [0.1, 0.15) is 0 Å². The van der Waals surface area contributed by atoms with E-state index < -0.39 is 5.97 Å². The fourth-order valence-corrected chi connectivity index (χ4v) is 3.18. The van der Waals surface area contributed by atoms with Gasteiger partial charge in [-0.15, -0.1) is 0 Å². The second kappa shape index (κ2) is 5.53. The van der Waals surface area contributed by atoms with Crippen molar-refractivity contribution in [1.82, 2.24) is 0 Å². The van der Waals surface area contributed by atoms with E-state index in [1.807, 2.05) is 30.3 Å². The van der Waals surface area contributed by atoms with Gasteiger partial charge in [-0.2, -0.15) is 0 Å². The van der Waals surface area contributed by atoms with Crippen LogP contribution in [0.25, 0.3) is 0 Å². The molecule has 0 amide bonds. The summed E-state index contributed by atoms with van der Waals surface area (Å²) in [6.07, 6.45) is 5.31. The molecule has 1 aromatic carbocycles. The highest BCUT2D eigenvalue weighted by atomic mass is 16.4. The Labute approximate surface area is 108 Å². The summed E-state index contributed by atoms with van der Waals surface area (Å²) in [4.78, 5) is 11.0. The van der Waals surface area contributed by atoms with Crippen LogP contribution in [0.5, 0.6) is 0 Å². The number of carbonyl (C=O) groups is 1. The number of hydrogen-bond acceptors (Lipinski definition) is 2. The summed E-state index contributed by atoms with van der Waals surface area (Å²) in [6, 6.07) is 9.92. The first-order valence-electron chi connectivity index (χ1n) is 6.64. The Morgan fingerprint density at radius 1 is 1.28 bits per heavy atom. The van der Waals surface area contributed by atoms with Gasteiger partial charge in [-0.3, -0.25) is 4.79 Å². The topological polar surface area (TPSA) is 63.3 Å². The summed E-state index contributed by atoms with van der Waals surface area (Å²) in [6.45, 7) is 0. The standard InChI is InChI=1S/C15H21NO2/c16-13(12-6-2-1-3-7-12)10-15(11-14(17)18)8-4-5-9-15/h1-3,6-7,13H,4-5,8-11,16H2,(H,17,18). The van der Waals surface area contributed by atoms with E-state index in [-0.39, 0.29) is 17.9 Å². The van der Waals surface area contributed by atoms with Gasteiger partial charge >= 0.3 is 5.97 Å². The smallest absolute Gasteiger partial charge is 0.303 e. The molecule has 1 fully saturated rings. The lowest BCUT2D eigenvalue weighted by Gasteiger charge is -2.30. The minimum Gasteiger partial charge on any atom is -0.481 e. The molecule has 0 heterocycles. The third-order valence-electron chi connectivity index (χ3n) is 4.07. The molecule has 0 bridgehead atoms. The number of carboxylic acids is 1. The lowest BCUT2D eigenvalue weighted by Crippen LogP contribution is -2.27. The van der Waals surface area contributed by atoms with Gasteiger partial charge in [0.2, 0.25) is 0 Å². The van der Waals surface area contributed by atoms with Crippen LogP contribution in [-0.4, -0.2) is 11.1 Å². The molecular weight excluding hydrogens is 226 g/mol. The summed E-state index contributed by atoms with van der Waals surface area (Å²) in [5.74, 6) is -0.697. The Hall–Kier alpha value is -1.35. The van der Waals surface area contributed by atoms with Crippen LogP contribution < -0.4 is 5.73 Å². The van der Waals surface area contributed by atoms with E-state index in [4.69, 9.17) is 10.8 Å². The molecule has 1 unspecified atom stereocenters. The van der Waals surface area contributed by atoms with E-state index in [0.717, 1.165) is 37.7 Å². The molecule has 98 valence electrons. The number of nitrogens with two attached hydrogens (primary N) is 1. The first-order chi connectivity index (χ1) is 8.61. The summed E-state index contributed by atoms with van der Waals surface area (Å²) in [5.41, 5.74) is 7.27. The SMILES string of the molecule is NC(CC1(CC(=O)O)CCCC1)c1ccccc1. The van der Waals surface area contributed by atoms with Crippen LogP contribution in [0, 0.1) is 5.41 Å². The minimum atomic E-state index is -0.697. The fourth-order valence-electron chi connectivity index (χ4n) is 3.18. The van der Waals surface area contributed by atoms with E-state index in [2.05, 4.69) is 0 Å². The van der Waals surface area contributed by atoms with Crippen LogP contribution in [0.4, 0.5) is 0 Å². The van der Waals surface area contributed by atoms with E-state index in [9.17, 15) is 4.79 Å². The van der Waals surface area contributed by atoms with Crippen molar-refractivity contribution in [2.24, 2.45) is 11.1 Å². The number of rotatable bonds is 5. The van der Waals surface area contributed by atoms with Gasteiger partial charge in [-0.1, -0.05) is 43.2 Å². The normalized spacial score (nSPS) is 19.6. The van der Waals surface area contributed by atoms with Crippen molar-refractivity contribution in [1.29, 1.82) is 0 Å². The van der Waals surface area contributed by atoms with Crippen molar-refractivity contribution in [3.8, 4) is 0 Å². The van der Waals surface area contributed by atoms with Gasteiger partial charge in [0.25, 0.3) is 0 Å². The van der Waals surface area contributed by atoms with E-state index in [0.29, 0.717) is 0 Å². The molecule has 0 saturated heterocycles. The Kier molecular flexibility index (Phi) is 4.02. The largest absolute Gasteiger partial charge is 0.481 e. The van der Waals surface area contributed by atoms with Crippen LogP contribution in [0.3, 0.4) is 0 Å². The van der Waals surface area contributed by atoms with Gasteiger partial charge in [0.05, 0.1) is 6.42 Å². The summed E-state index contributed by atoms with van der Waals surface area (Å²) in [7, 11) is 0. The van der Waals surface area contributed by atoms with Crippen molar-refractivity contribution < 1.29 is 9.90 Å². The molecular formula is C15H21NO2. The zero-order chi connectivity index (χ0) is 13.0. The highest BCUT2D eigenvalue weighted by molar-refractivity contribution is 5.67. The fraction of sp³-hybridized carbons (Fsp3) is 0.533. The van der Waals surface area contributed by atoms with Crippen molar-refractivity contribution in [3.63, 3.8) is 0 Å². The Morgan fingerprint density at radius 3 is 2.44 bits per heavy atom. The molecule has 0 radical (unpaired) electrons. The Bertz CT molecular complexity index is 396. The molecule has 0 aliphatic heterocycles. The minimum absolute atomic E-state index is 0.0522. The van der Waals surface area contributed by atoms with Gasteiger partial charge in [0, 0.05) is 6.04 Å². The van der Waals surface area contributed by atoms with Gasteiger partial charge < -0.3 is 10.8 Å². The summed E-state index contributed by atoms with van der Waals surface area (Å²) in [5, 5.41) is 9.08.